The molecule has 11 heteroatoms. The molecule has 1 aliphatic rings. The molecule has 0 radical (unpaired) electrons. The van der Waals surface area contributed by atoms with Gasteiger partial charge in [0.15, 0.2) is 22.6 Å². The highest BCUT2D eigenvalue weighted by atomic mass is 32.2. The van der Waals surface area contributed by atoms with Gasteiger partial charge in [-0.25, -0.2) is 0 Å². The van der Waals surface area contributed by atoms with Gasteiger partial charge in [0.1, 0.15) is 11.5 Å². The molecule has 0 amide bonds. The Morgan fingerprint density at radius 3 is 2.38 bits per heavy atom. The van der Waals surface area contributed by atoms with Crippen LogP contribution in [0, 0.1) is 0 Å². The summed E-state index contributed by atoms with van der Waals surface area (Å²) >= 11 is 18.5. The van der Waals surface area contributed by atoms with E-state index in [4.69, 9.17) is 23.7 Å². The zero-order valence-electron chi connectivity index (χ0n) is 14.0. The molecule has 1 N–H and O–H groups in total. The van der Waals surface area contributed by atoms with E-state index in [0.29, 0.717) is 16.4 Å². The Kier molecular flexibility index (Phi) is 7.71. The van der Waals surface area contributed by atoms with Gasteiger partial charge < -0.3 is 28.8 Å². The highest BCUT2D eigenvalue weighted by Crippen LogP contribution is 2.58. The Labute approximate surface area is 178 Å². The van der Waals surface area contributed by atoms with E-state index in [1.807, 2.05) is 0 Å². The van der Waals surface area contributed by atoms with E-state index in [1.165, 1.54) is 26.6 Å². The van der Waals surface area contributed by atoms with Crippen LogP contribution in [0.15, 0.2) is 35.4 Å². The molecule has 6 nitrogen and oxygen atoms in total. The molecule has 0 saturated heterocycles. The molecular formula is C15H20O6S5. The van der Waals surface area contributed by atoms with E-state index in [1.54, 1.807) is 18.2 Å². The Morgan fingerprint density at radius 2 is 1.73 bits per heavy atom. The summed E-state index contributed by atoms with van der Waals surface area (Å²) in [6, 6.07) is 5.12. The molecule has 0 aliphatic carbocycles. The number of aliphatic hydroxyl groups is 1. The third-order valence-electron chi connectivity index (χ3n) is 3.34. The summed E-state index contributed by atoms with van der Waals surface area (Å²) in [5.41, 5.74) is 0. The van der Waals surface area contributed by atoms with Crippen LogP contribution in [-0.4, -0.2) is 46.2 Å². The van der Waals surface area contributed by atoms with E-state index in [0.717, 1.165) is 11.8 Å². The minimum Gasteiger partial charge on any atom is -0.473 e. The van der Waals surface area contributed by atoms with Gasteiger partial charge in [0.05, 0.1) is 11.2 Å². The molecule has 1 aromatic rings. The lowest BCUT2D eigenvalue weighted by atomic mass is 10.2. The van der Waals surface area contributed by atoms with Crippen LogP contribution in [0.25, 0.3) is 0 Å². The van der Waals surface area contributed by atoms with Crippen molar-refractivity contribution in [3.8, 4) is 11.5 Å². The van der Waals surface area contributed by atoms with Gasteiger partial charge in [0.25, 0.3) is 0 Å². The monoisotopic (exact) mass is 456 g/mol. The van der Waals surface area contributed by atoms with E-state index < -0.39 is 13.3 Å². The first-order valence-electron chi connectivity index (χ1n) is 7.21. The van der Waals surface area contributed by atoms with E-state index in [9.17, 15) is 5.11 Å². The van der Waals surface area contributed by atoms with Crippen molar-refractivity contribution in [1.29, 1.82) is 0 Å². The fraction of sp³-hybridized carbons (Fsp3) is 0.467. The molecule has 0 fully saturated rings. The quantitative estimate of drug-likeness (QED) is 0.304. The molecule has 1 heterocycles. The lowest BCUT2D eigenvalue weighted by Gasteiger charge is -2.48. The second kappa shape index (κ2) is 8.99. The number of benzene rings is 1. The smallest absolute Gasteiger partial charge is 0.222 e. The molecule has 1 aliphatic heterocycles. The van der Waals surface area contributed by atoms with Crippen molar-refractivity contribution in [3.63, 3.8) is 0 Å². The van der Waals surface area contributed by atoms with Crippen LogP contribution >= 0.6 is 62.3 Å². The molecule has 1 atom stereocenters. The van der Waals surface area contributed by atoms with Crippen molar-refractivity contribution in [2.75, 3.05) is 27.8 Å². The maximum Gasteiger partial charge on any atom is 0.222 e. The predicted molar refractivity (Wildman–Crippen MR) is 114 cm³/mol. The lowest BCUT2D eigenvalue weighted by Crippen LogP contribution is -2.56. The van der Waals surface area contributed by atoms with Crippen LogP contribution in [0.1, 0.15) is 0 Å². The zero-order chi connectivity index (χ0) is 19.4. The maximum atomic E-state index is 11.2. The standard InChI is InChI=1S/C15H20O6S5/c1-17-8-19-10-3-4-12(11(7-10)20-9-18-2)26-13(16)5-6-21-15(24,25)14(13,22)23/h3-7,16,22-25H,8-9H2,1-2H3. The number of methoxy groups -OCH3 is 2. The van der Waals surface area contributed by atoms with Crippen LogP contribution in [-0.2, 0) is 14.2 Å². The van der Waals surface area contributed by atoms with Gasteiger partial charge in [-0.15, -0.1) is 25.3 Å². The van der Waals surface area contributed by atoms with Crippen LogP contribution < -0.4 is 9.47 Å². The van der Waals surface area contributed by atoms with Crippen molar-refractivity contribution in [2.45, 2.75) is 18.2 Å². The first-order valence-corrected chi connectivity index (χ1v) is 9.81. The van der Waals surface area contributed by atoms with Crippen LogP contribution in [0.3, 0.4) is 0 Å². The third kappa shape index (κ3) is 4.69. The predicted octanol–water partition coefficient (Wildman–Crippen LogP) is 3.05. The Balaban J connectivity index is 2.34. The fourth-order valence-corrected chi connectivity index (χ4v) is 4.19. The summed E-state index contributed by atoms with van der Waals surface area (Å²) in [6.07, 6.45) is 2.74. The maximum absolute atomic E-state index is 11.2. The molecule has 146 valence electrons. The lowest BCUT2D eigenvalue weighted by molar-refractivity contribution is 0.0444. The summed E-state index contributed by atoms with van der Waals surface area (Å²) in [4.78, 5) is -1.01. The number of rotatable bonds is 8. The Hall–Kier alpha value is -0.0100. The van der Waals surface area contributed by atoms with Gasteiger partial charge in [-0.1, -0.05) is 11.8 Å². The summed E-state index contributed by atoms with van der Waals surface area (Å²) < 4.78 is 23.3. The van der Waals surface area contributed by atoms with E-state index in [2.05, 4.69) is 50.5 Å². The second-order valence-electron chi connectivity index (χ2n) is 5.21. The van der Waals surface area contributed by atoms with Crippen molar-refractivity contribution in [3.05, 3.63) is 30.5 Å². The molecule has 26 heavy (non-hydrogen) atoms. The van der Waals surface area contributed by atoms with E-state index >= 15 is 0 Å². The van der Waals surface area contributed by atoms with E-state index in [-0.39, 0.29) is 13.6 Å². The topological polar surface area (TPSA) is 66.4 Å². The first kappa shape index (κ1) is 22.3. The van der Waals surface area contributed by atoms with Crippen molar-refractivity contribution >= 4 is 62.3 Å². The van der Waals surface area contributed by atoms with Crippen LogP contribution in [0.5, 0.6) is 11.5 Å². The minimum absolute atomic E-state index is 0.0225. The number of ether oxygens (including phenoxy) is 5. The van der Waals surface area contributed by atoms with Crippen LogP contribution in [0.4, 0.5) is 0 Å². The Bertz CT molecular complexity index is 653. The Morgan fingerprint density at radius 1 is 1.08 bits per heavy atom. The SMILES string of the molecule is COCOc1ccc(SC2(O)C=COC(S)(S)C2(S)S)c(OCOC)c1. The van der Waals surface area contributed by atoms with Crippen LogP contribution in [0.2, 0.25) is 0 Å². The number of hydrogen-bond acceptors (Lipinski definition) is 11. The van der Waals surface area contributed by atoms with Crippen molar-refractivity contribution in [1.82, 2.24) is 0 Å². The molecule has 0 saturated carbocycles. The summed E-state index contributed by atoms with van der Waals surface area (Å²) in [7, 11) is 3.04. The van der Waals surface area contributed by atoms with Crippen molar-refractivity contribution < 1.29 is 28.8 Å². The molecule has 0 bridgehead atoms. The number of thiol groups is 4. The van der Waals surface area contributed by atoms with Gasteiger partial charge in [0.2, 0.25) is 4.27 Å². The molecule has 0 spiro atoms. The van der Waals surface area contributed by atoms with Gasteiger partial charge in [-0.3, -0.25) is 0 Å². The highest BCUT2D eigenvalue weighted by molar-refractivity contribution is 8.10. The molecule has 1 aromatic carbocycles. The van der Waals surface area contributed by atoms with Gasteiger partial charge >= 0.3 is 0 Å². The third-order valence-corrected chi connectivity index (χ3v) is 7.85. The normalized spacial score (nSPS) is 23.3. The summed E-state index contributed by atoms with van der Waals surface area (Å²) in [5, 5.41) is 11.2. The largest absolute Gasteiger partial charge is 0.473 e. The second-order valence-corrected chi connectivity index (χ2v) is 9.78. The average molecular weight is 457 g/mol. The van der Waals surface area contributed by atoms with Gasteiger partial charge in [0, 0.05) is 20.3 Å². The number of hydrogen-bond donors (Lipinski definition) is 5. The summed E-state index contributed by atoms with van der Waals surface area (Å²) in [5.74, 6) is 0.984. The first-order chi connectivity index (χ1) is 12.2. The molecular weight excluding hydrogens is 436 g/mol. The fourth-order valence-electron chi connectivity index (χ4n) is 1.95. The van der Waals surface area contributed by atoms with Crippen molar-refractivity contribution in [2.24, 2.45) is 0 Å². The number of thioether (sulfide) groups is 1. The van der Waals surface area contributed by atoms with Gasteiger partial charge in [-0.2, -0.15) is 25.3 Å². The molecule has 2 rings (SSSR count). The minimum atomic E-state index is -1.61. The molecule has 0 aromatic heterocycles. The van der Waals surface area contributed by atoms with Gasteiger partial charge in [-0.05, 0) is 18.2 Å². The zero-order valence-corrected chi connectivity index (χ0v) is 18.4. The average Bonchev–Trinajstić information content (AvgIpc) is 2.58. The highest BCUT2D eigenvalue weighted by Gasteiger charge is 2.60. The molecule has 1 unspecified atom stereocenters. The summed E-state index contributed by atoms with van der Waals surface area (Å²) in [6.45, 7) is 0.118.